The zero-order chi connectivity index (χ0) is 21.8. The zero-order valence-electron chi connectivity index (χ0n) is 18.1. The SMILES string of the molecule is COc1ccc(OCc2ccccc2)c(C2=NN(Cc3ccc4ccccc4n3)CC2)c1. The largest absolute Gasteiger partial charge is 0.497 e. The van der Waals surface area contributed by atoms with Crippen LogP contribution in [-0.2, 0) is 13.2 Å². The maximum atomic E-state index is 6.17. The van der Waals surface area contributed by atoms with Crippen LogP contribution in [-0.4, -0.2) is 29.4 Å². The van der Waals surface area contributed by atoms with Gasteiger partial charge in [0.15, 0.2) is 0 Å². The van der Waals surface area contributed by atoms with Crippen molar-refractivity contribution in [2.24, 2.45) is 5.10 Å². The second kappa shape index (κ2) is 9.10. The number of rotatable bonds is 7. The number of methoxy groups -OCH3 is 1. The number of fused-ring (bicyclic) bond motifs is 1. The standard InChI is InChI=1S/C27H25N3O2/c1-31-23-13-14-27(32-19-20-7-3-2-4-8-20)24(17-23)26-15-16-30(29-26)18-22-12-11-21-9-5-6-10-25(21)28-22/h2-14,17H,15-16,18-19H2,1H3. The van der Waals surface area contributed by atoms with E-state index in [9.17, 15) is 0 Å². The van der Waals surface area contributed by atoms with Gasteiger partial charge in [0, 0.05) is 23.9 Å². The number of benzene rings is 3. The molecule has 3 aromatic carbocycles. The molecule has 0 aliphatic carbocycles. The molecular formula is C27H25N3O2. The molecule has 4 aromatic rings. The second-order valence-corrected chi connectivity index (χ2v) is 7.82. The highest BCUT2D eigenvalue weighted by Crippen LogP contribution is 2.29. The lowest BCUT2D eigenvalue weighted by Crippen LogP contribution is -2.14. The fourth-order valence-corrected chi connectivity index (χ4v) is 3.91. The molecule has 0 atom stereocenters. The maximum absolute atomic E-state index is 6.17. The molecule has 5 rings (SSSR count). The molecule has 0 amide bonds. The fourth-order valence-electron chi connectivity index (χ4n) is 3.91. The van der Waals surface area contributed by atoms with E-state index in [2.05, 4.69) is 35.3 Å². The van der Waals surface area contributed by atoms with Crippen molar-refractivity contribution in [3.63, 3.8) is 0 Å². The summed E-state index contributed by atoms with van der Waals surface area (Å²) in [7, 11) is 1.68. The molecule has 5 nitrogen and oxygen atoms in total. The monoisotopic (exact) mass is 423 g/mol. The molecule has 160 valence electrons. The molecule has 0 unspecified atom stereocenters. The first kappa shape index (κ1) is 20.1. The zero-order valence-corrected chi connectivity index (χ0v) is 18.1. The van der Waals surface area contributed by atoms with Crippen molar-refractivity contribution in [2.45, 2.75) is 19.6 Å². The van der Waals surface area contributed by atoms with E-state index in [-0.39, 0.29) is 0 Å². The van der Waals surface area contributed by atoms with Gasteiger partial charge in [0.25, 0.3) is 0 Å². The van der Waals surface area contributed by atoms with Crippen LogP contribution < -0.4 is 9.47 Å². The van der Waals surface area contributed by atoms with E-state index < -0.39 is 0 Å². The van der Waals surface area contributed by atoms with Gasteiger partial charge in [-0.15, -0.1) is 0 Å². The minimum Gasteiger partial charge on any atom is -0.497 e. The van der Waals surface area contributed by atoms with Crippen LogP contribution in [0.2, 0.25) is 0 Å². The molecule has 0 spiro atoms. The summed E-state index contributed by atoms with van der Waals surface area (Å²) < 4.78 is 11.6. The van der Waals surface area contributed by atoms with E-state index in [0.717, 1.165) is 57.9 Å². The Balaban J connectivity index is 1.36. The number of ether oxygens (including phenoxy) is 2. The number of hydrazone groups is 1. The van der Waals surface area contributed by atoms with Crippen molar-refractivity contribution >= 4 is 16.6 Å². The molecule has 0 saturated carbocycles. The summed E-state index contributed by atoms with van der Waals surface area (Å²) >= 11 is 0. The van der Waals surface area contributed by atoms with Crippen molar-refractivity contribution in [1.82, 2.24) is 9.99 Å². The van der Waals surface area contributed by atoms with Crippen LogP contribution in [0.4, 0.5) is 0 Å². The number of aromatic nitrogens is 1. The number of hydrogen-bond acceptors (Lipinski definition) is 5. The molecule has 0 bridgehead atoms. The Labute approximate surface area is 187 Å². The lowest BCUT2D eigenvalue weighted by Gasteiger charge is -2.14. The predicted molar refractivity (Wildman–Crippen MR) is 127 cm³/mol. The van der Waals surface area contributed by atoms with Gasteiger partial charge in [0.05, 0.1) is 30.6 Å². The molecule has 0 saturated heterocycles. The van der Waals surface area contributed by atoms with Crippen molar-refractivity contribution in [1.29, 1.82) is 0 Å². The summed E-state index contributed by atoms with van der Waals surface area (Å²) in [5.41, 5.74) is 5.14. The van der Waals surface area contributed by atoms with E-state index in [4.69, 9.17) is 19.6 Å². The normalized spacial score (nSPS) is 13.3. The number of pyridine rings is 1. The van der Waals surface area contributed by atoms with Crippen molar-refractivity contribution < 1.29 is 9.47 Å². The van der Waals surface area contributed by atoms with E-state index in [1.54, 1.807) is 7.11 Å². The van der Waals surface area contributed by atoms with Gasteiger partial charge in [-0.2, -0.15) is 5.10 Å². The number of para-hydroxylation sites is 1. The van der Waals surface area contributed by atoms with E-state index in [0.29, 0.717) is 13.2 Å². The molecule has 1 aromatic heterocycles. The molecule has 32 heavy (non-hydrogen) atoms. The van der Waals surface area contributed by atoms with Gasteiger partial charge < -0.3 is 9.47 Å². The third-order valence-corrected chi connectivity index (χ3v) is 5.60. The van der Waals surface area contributed by atoms with Gasteiger partial charge in [-0.05, 0) is 35.9 Å². The molecule has 0 fully saturated rings. The topological polar surface area (TPSA) is 47.0 Å². The second-order valence-electron chi connectivity index (χ2n) is 7.82. The Kier molecular flexibility index (Phi) is 5.71. The predicted octanol–water partition coefficient (Wildman–Crippen LogP) is 5.43. The summed E-state index contributed by atoms with van der Waals surface area (Å²) in [6, 6.07) is 28.5. The minimum absolute atomic E-state index is 0.512. The van der Waals surface area contributed by atoms with Gasteiger partial charge in [0.1, 0.15) is 18.1 Å². The summed E-state index contributed by atoms with van der Waals surface area (Å²) in [6.07, 6.45) is 0.850. The Morgan fingerprint density at radius 1 is 0.906 bits per heavy atom. The number of nitrogens with zero attached hydrogens (tertiary/aromatic N) is 3. The molecule has 2 heterocycles. The van der Waals surface area contributed by atoms with E-state index in [1.807, 2.05) is 54.6 Å². The maximum Gasteiger partial charge on any atom is 0.129 e. The first-order valence-electron chi connectivity index (χ1n) is 10.8. The lowest BCUT2D eigenvalue weighted by atomic mass is 10.1. The van der Waals surface area contributed by atoms with Gasteiger partial charge >= 0.3 is 0 Å². The molecule has 1 aliphatic heterocycles. The van der Waals surface area contributed by atoms with Crippen LogP contribution in [0.25, 0.3) is 10.9 Å². The first-order valence-corrected chi connectivity index (χ1v) is 10.8. The van der Waals surface area contributed by atoms with Gasteiger partial charge in [-0.1, -0.05) is 54.6 Å². The molecule has 1 aliphatic rings. The van der Waals surface area contributed by atoms with E-state index in [1.165, 1.54) is 0 Å². The van der Waals surface area contributed by atoms with Crippen LogP contribution in [0.5, 0.6) is 11.5 Å². The third-order valence-electron chi connectivity index (χ3n) is 5.60. The van der Waals surface area contributed by atoms with Gasteiger partial charge in [-0.25, -0.2) is 0 Å². The smallest absolute Gasteiger partial charge is 0.129 e. The highest BCUT2D eigenvalue weighted by atomic mass is 16.5. The quantitative estimate of drug-likeness (QED) is 0.398. The van der Waals surface area contributed by atoms with E-state index >= 15 is 0 Å². The average Bonchev–Trinajstić information content (AvgIpc) is 3.31. The van der Waals surface area contributed by atoms with Crippen molar-refractivity contribution in [2.75, 3.05) is 13.7 Å². The Morgan fingerprint density at radius 3 is 2.62 bits per heavy atom. The average molecular weight is 424 g/mol. The third kappa shape index (κ3) is 4.42. The van der Waals surface area contributed by atoms with Gasteiger partial charge in [0.2, 0.25) is 0 Å². The summed E-state index contributed by atoms with van der Waals surface area (Å²) in [4.78, 5) is 4.79. The molecule has 5 heteroatoms. The Bertz CT molecular complexity index is 1250. The summed E-state index contributed by atoms with van der Waals surface area (Å²) in [5, 5.41) is 8.13. The first-order chi connectivity index (χ1) is 15.8. The van der Waals surface area contributed by atoms with Crippen LogP contribution in [0.1, 0.15) is 23.2 Å². The number of hydrogen-bond donors (Lipinski definition) is 0. The van der Waals surface area contributed by atoms with Crippen LogP contribution in [0.15, 0.2) is 90.0 Å². The van der Waals surface area contributed by atoms with Crippen molar-refractivity contribution in [3.05, 3.63) is 102 Å². The molecule has 0 radical (unpaired) electrons. The van der Waals surface area contributed by atoms with Crippen molar-refractivity contribution in [3.8, 4) is 11.5 Å². The van der Waals surface area contributed by atoms with Crippen LogP contribution >= 0.6 is 0 Å². The van der Waals surface area contributed by atoms with Gasteiger partial charge in [-0.3, -0.25) is 9.99 Å². The highest BCUT2D eigenvalue weighted by molar-refractivity contribution is 6.04. The Hall–Kier alpha value is -3.86. The Morgan fingerprint density at radius 2 is 1.75 bits per heavy atom. The summed E-state index contributed by atoms with van der Waals surface area (Å²) in [6.45, 7) is 2.04. The molecular weight excluding hydrogens is 398 g/mol. The highest BCUT2D eigenvalue weighted by Gasteiger charge is 2.20. The minimum atomic E-state index is 0.512. The summed E-state index contributed by atoms with van der Waals surface area (Å²) in [5.74, 6) is 1.61. The lowest BCUT2D eigenvalue weighted by molar-refractivity contribution is 0.304. The van der Waals surface area contributed by atoms with Crippen LogP contribution in [0, 0.1) is 0 Å². The fraction of sp³-hybridized carbons (Fsp3) is 0.185. The van der Waals surface area contributed by atoms with Crippen LogP contribution in [0.3, 0.4) is 0 Å². The molecule has 0 N–H and O–H groups in total.